The Morgan fingerprint density at radius 1 is 1.58 bits per heavy atom. The maximum atomic E-state index is 11.9. The smallest absolute Gasteiger partial charge is 0.327 e. The lowest BCUT2D eigenvalue weighted by molar-refractivity contribution is -0.141. The molecule has 7 heteroatoms. The van der Waals surface area contributed by atoms with Gasteiger partial charge in [-0.15, -0.1) is 0 Å². The number of hydrogen-bond donors (Lipinski definition) is 2. The van der Waals surface area contributed by atoms with Gasteiger partial charge >= 0.3 is 5.97 Å². The molecule has 0 aliphatic carbocycles. The number of anilines is 1. The fraction of sp³-hybridized carbons (Fsp3) is 0.583. The lowest BCUT2D eigenvalue weighted by Gasteiger charge is -2.21. The van der Waals surface area contributed by atoms with Crippen LogP contribution in [0.25, 0.3) is 0 Å². The van der Waals surface area contributed by atoms with Gasteiger partial charge in [0.25, 0.3) is 0 Å². The topological polar surface area (TPSA) is 99.2 Å². The summed E-state index contributed by atoms with van der Waals surface area (Å²) in [5.74, 6) is -0.338. The molecule has 1 amide bonds. The van der Waals surface area contributed by atoms with Gasteiger partial charge in [0.15, 0.2) is 5.82 Å². The van der Waals surface area contributed by atoms with E-state index in [9.17, 15) is 9.59 Å². The fourth-order valence-electron chi connectivity index (χ4n) is 1.61. The fourth-order valence-corrected chi connectivity index (χ4v) is 1.61. The van der Waals surface area contributed by atoms with E-state index in [1.807, 2.05) is 6.92 Å². The predicted octanol–water partition coefficient (Wildman–Crippen LogP) is 0.512. The maximum absolute atomic E-state index is 11.9. The molecule has 3 N–H and O–H groups in total. The molecule has 0 bridgehead atoms. The van der Waals surface area contributed by atoms with Crippen molar-refractivity contribution < 1.29 is 14.3 Å². The largest absolute Gasteiger partial charge is 0.468 e. The molecule has 0 saturated heterocycles. The van der Waals surface area contributed by atoms with Crippen molar-refractivity contribution in [1.29, 1.82) is 0 Å². The summed E-state index contributed by atoms with van der Waals surface area (Å²) in [6.45, 7) is 3.64. The molecule has 0 spiro atoms. The van der Waals surface area contributed by atoms with Crippen LogP contribution >= 0.6 is 0 Å². The van der Waals surface area contributed by atoms with Gasteiger partial charge in [-0.25, -0.2) is 0 Å². The Kier molecular flexibility index (Phi) is 5.05. The average Bonchev–Trinajstić information content (AvgIpc) is 2.76. The number of aromatic nitrogens is 2. The minimum Gasteiger partial charge on any atom is -0.468 e. The van der Waals surface area contributed by atoms with Crippen LogP contribution in [-0.2, 0) is 20.9 Å². The van der Waals surface area contributed by atoms with E-state index < -0.39 is 11.5 Å². The second-order valence-corrected chi connectivity index (χ2v) is 4.60. The van der Waals surface area contributed by atoms with Crippen LogP contribution in [-0.4, -0.2) is 34.3 Å². The molecule has 1 aromatic rings. The zero-order valence-electron chi connectivity index (χ0n) is 11.5. The second kappa shape index (κ2) is 6.33. The summed E-state index contributed by atoms with van der Waals surface area (Å²) in [4.78, 5) is 23.0. The Bertz CT molecular complexity index is 454. The first-order valence-corrected chi connectivity index (χ1v) is 6.09. The summed E-state index contributed by atoms with van der Waals surface area (Å²) in [5.41, 5.74) is 4.98. The Balaban J connectivity index is 2.63. The van der Waals surface area contributed by atoms with Crippen LogP contribution in [0.5, 0.6) is 0 Å². The zero-order valence-corrected chi connectivity index (χ0v) is 11.5. The number of nitrogens with one attached hydrogen (secondary N) is 1. The first kappa shape index (κ1) is 15.2. The average molecular weight is 268 g/mol. The number of rotatable bonds is 6. The molecule has 1 aromatic heterocycles. The van der Waals surface area contributed by atoms with E-state index in [2.05, 4.69) is 15.2 Å². The molecule has 1 rings (SSSR count). The van der Waals surface area contributed by atoms with Gasteiger partial charge < -0.3 is 15.8 Å². The minimum absolute atomic E-state index is 0.00121. The Morgan fingerprint density at radius 3 is 2.84 bits per heavy atom. The van der Waals surface area contributed by atoms with E-state index in [-0.39, 0.29) is 12.5 Å². The number of hydrogen-bond acceptors (Lipinski definition) is 5. The number of esters is 1. The van der Waals surface area contributed by atoms with Crippen LogP contribution in [0.1, 0.15) is 26.7 Å². The number of carbonyl (C=O) groups is 2. The number of carbonyl (C=O) groups excluding carboxylic acids is 2. The first-order chi connectivity index (χ1) is 8.89. The van der Waals surface area contributed by atoms with Crippen LogP contribution in [0.3, 0.4) is 0 Å². The normalized spacial score (nSPS) is 13.7. The summed E-state index contributed by atoms with van der Waals surface area (Å²) in [5, 5.41) is 6.67. The summed E-state index contributed by atoms with van der Waals surface area (Å²) in [6, 6.07) is 1.60. The van der Waals surface area contributed by atoms with E-state index in [4.69, 9.17) is 5.73 Å². The van der Waals surface area contributed by atoms with E-state index in [0.29, 0.717) is 12.2 Å². The summed E-state index contributed by atoms with van der Waals surface area (Å²) in [6.07, 6.45) is 2.99. The lowest BCUT2D eigenvalue weighted by Crippen LogP contribution is -2.48. The molecular formula is C12H20N4O3. The third-order valence-electron chi connectivity index (χ3n) is 2.69. The van der Waals surface area contributed by atoms with Gasteiger partial charge in [-0.05, 0) is 13.3 Å². The summed E-state index contributed by atoms with van der Waals surface area (Å²) < 4.78 is 5.91. The van der Waals surface area contributed by atoms with Gasteiger partial charge in [-0.2, -0.15) is 5.10 Å². The van der Waals surface area contributed by atoms with Gasteiger partial charge in [-0.3, -0.25) is 14.3 Å². The highest BCUT2D eigenvalue weighted by Crippen LogP contribution is 2.12. The minimum atomic E-state index is -0.930. The Hall–Kier alpha value is -1.89. The predicted molar refractivity (Wildman–Crippen MR) is 70.4 cm³/mol. The maximum Gasteiger partial charge on any atom is 0.327 e. The van der Waals surface area contributed by atoms with E-state index in [1.54, 1.807) is 19.2 Å². The van der Waals surface area contributed by atoms with E-state index in [0.717, 1.165) is 6.42 Å². The van der Waals surface area contributed by atoms with Gasteiger partial charge in [0.05, 0.1) is 12.6 Å². The van der Waals surface area contributed by atoms with Crippen molar-refractivity contribution in [2.45, 2.75) is 38.8 Å². The molecule has 19 heavy (non-hydrogen) atoms. The molecule has 7 nitrogen and oxygen atoms in total. The van der Waals surface area contributed by atoms with Gasteiger partial charge in [0, 0.05) is 12.3 Å². The van der Waals surface area contributed by atoms with Crippen molar-refractivity contribution in [3.8, 4) is 0 Å². The molecule has 0 aliphatic heterocycles. The number of nitrogens with two attached hydrogens (primary N) is 1. The van der Waals surface area contributed by atoms with Gasteiger partial charge in [0.1, 0.15) is 6.54 Å². The lowest BCUT2D eigenvalue weighted by atomic mass is 9.97. The van der Waals surface area contributed by atoms with Crippen molar-refractivity contribution in [2.24, 2.45) is 5.73 Å². The molecule has 106 valence electrons. The third kappa shape index (κ3) is 4.36. The molecule has 1 unspecified atom stereocenters. The molecule has 0 fully saturated rings. The molecule has 1 atom stereocenters. The van der Waals surface area contributed by atoms with Crippen molar-refractivity contribution >= 4 is 17.7 Å². The number of methoxy groups -OCH3 is 1. The van der Waals surface area contributed by atoms with E-state index in [1.165, 1.54) is 11.8 Å². The first-order valence-electron chi connectivity index (χ1n) is 6.09. The number of ether oxygens (including phenoxy) is 1. The second-order valence-electron chi connectivity index (χ2n) is 4.60. The summed E-state index contributed by atoms with van der Waals surface area (Å²) >= 11 is 0. The standard InChI is InChI=1S/C12H20N4O3/c1-4-6-12(2,13)11(18)14-9-5-7-16(15-9)8-10(17)19-3/h5,7H,4,6,8,13H2,1-3H3,(H,14,15,18). The van der Waals surface area contributed by atoms with Gasteiger partial charge in [-0.1, -0.05) is 13.3 Å². The highest BCUT2D eigenvalue weighted by molar-refractivity contribution is 5.96. The molecule has 0 radical (unpaired) electrons. The van der Waals surface area contributed by atoms with Gasteiger partial charge in [0.2, 0.25) is 5.91 Å². The molecule has 0 aliphatic rings. The SMILES string of the molecule is CCCC(C)(N)C(=O)Nc1ccn(CC(=O)OC)n1. The number of nitrogens with zero attached hydrogens (tertiary/aromatic N) is 2. The van der Waals surface area contributed by atoms with Crippen LogP contribution in [0.15, 0.2) is 12.3 Å². The Labute approximate surface area is 112 Å². The molecule has 0 saturated carbocycles. The van der Waals surface area contributed by atoms with Crippen LogP contribution in [0.2, 0.25) is 0 Å². The summed E-state index contributed by atoms with van der Waals surface area (Å²) in [7, 11) is 1.30. The highest BCUT2D eigenvalue weighted by Gasteiger charge is 2.27. The van der Waals surface area contributed by atoms with Crippen LogP contribution in [0, 0.1) is 0 Å². The van der Waals surface area contributed by atoms with E-state index >= 15 is 0 Å². The quantitative estimate of drug-likeness (QED) is 0.732. The van der Waals surface area contributed by atoms with Crippen molar-refractivity contribution in [3.05, 3.63) is 12.3 Å². The Morgan fingerprint density at radius 2 is 2.26 bits per heavy atom. The zero-order chi connectivity index (χ0) is 14.5. The molecular weight excluding hydrogens is 248 g/mol. The monoisotopic (exact) mass is 268 g/mol. The molecule has 0 aromatic carbocycles. The van der Waals surface area contributed by atoms with Crippen molar-refractivity contribution in [3.63, 3.8) is 0 Å². The van der Waals surface area contributed by atoms with Crippen molar-refractivity contribution in [2.75, 3.05) is 12.4 Å². The third-order valence-corrected chi connectivity index (χ3v) is 2.69. The van der Waals surface area contributed by atoms with Crippen LogP contribution in [0.4, 0.5) is 5.82 Å². The highest BCUT2D eigenvalue weighted by atomic mass is 16.5. The molecule has 1 heterocycles. The number of amides is 1. The van der Waals surface area contributed by atoms with Crippen LogP contribution < -0.4 is 11.1 Å². The van der Waals surface area contributed by atoms with Crippen molar-refractivity contribution in [1.82, 2.24) is 9.78 Å².